The molecular formula is C10H15NS. The Morgan fingerprint density at radius 3 is 2.08 bits per heavy atom. The molecule has 0 heterocycles. The van der Waals surface area contributed by atoms with E-state index in [1.807, 2.05) is 13.8 Å². The minimum absolute atomic E-state index is 0.185. The number of thioether (sulfide) groups is 1. The predicted octanol–water partition coefficient (Wildman–Crippen LogP) is 2.78. The molecule has 1 nitrogen and oxygen atoms in total. The molecule has 0 atom stereocenters. The molecule has 0 radical (unpaired) electrons. The zero-order valence-corrected chi connectivity index (χ0v) is 8.61. The lowest BCUT2D eigenvalue weighted by molar-refractivity contribution is 0.758. The van der Waals surface area contributed by atoms with Crippen LogP contribution in [0, 0.1) is 6.92 Å². The fourth-order valence-corrected chi connectivity index (χ4v) is 1.79. The van der Waals surface area contributed by atoms with Crippen LogP contribution in [0.5, 0.6) is 0 Å². The lowest BCUT2D eigenvalue weighted by Crippen LogP contribution is -2.26. The third kappa shape index (κ3) is 3.28. The van der Waals surface area contributed by atoms with Gasteiger partial charge in [-0.15, -0.1) is 11.8 Å². The SMILES string of the molecule is Cc1ccc(SC(C)(C)N)cc1. The number of hydrogen-bond acceptors (Lipinski definition) is 2. The van der Waals surface area contributed by atoms with Crippen LogP contribution in [-0.2, 0) is 0 Å². The van der Waals surface area contributed by atoms with Crippen molar-refractivity contribution >= 4 is 11.8 Å². The van der Waals surface area contributed by atoms with Gasteiger partial charge in [0.2, 0.25) is 0 Å². The van der Waals surface area contributed by atoms with Gasteiger partial charge in [0.25, 0.3) is 0 Å². The molecule has 0 unspecified atom stereocenters. The van der Waals surface area contributed by atoms with Gasteiger partial charge in [-0.05, 0) is 32.9 Å². The van der Waals surface area contributed by atoms with E-state index in [2.05, 4.69) is 31.2 Å². The number of hydrogen-bond donors (Lipinski definition) is 1. The minimum atomic E-state index is -0.185. The molecule has 66 valence electrons. The number of nitrogens with two attached hydrogens (primary N) is 1. The van der Waals surface area contributed by atoms with Crippen molar-refractivity contribution in [1.29, 1.82) is 0 Å². The van der Waals surface area contributed by atoms with Gasteiger partial charge < -0.3 is 5.73 Å². The summed E-state index contributed by atoms with van der Waals surface area (Å²) in [6, 6.07) is 8.42. The summed E-state index contributed by atoms with van der Waals surface area (Å²) in [4.78, 5) is 1.04. The highest BCUT2D eigenvalue weighted by Gasteiger charge is 2.11. The van der Waals surface area contributed by atoms with Crippen molar-refractivity contribution in [2.75, 3.05) is 0 Å². The van der Waals surface area contributed by atoms with E-state index in [1.165, 1.54) is 10.5 Å². The maximum Gasteiger partial charge on any atom is 0.0609 e. The summed E-state index contributed by atoms with van der Waals surface area (Å²) >= 11 is 1.69. The number of benzene rings is 1. The normalized spacial score (nSPS) is 11.7. The lowest BCUT2D eigenvalue weighted by atomic mass is 10.2. The molecule has 0 saturated carbocycles. The molecule has 2 N–H and O–H groups in total. The molecular weight excluding hydrogens is 166 g/mol. The summed E-state index contributed by atoms with van der Waals surface area (Å²) in [5, 5.41) is 0. The fourth-order valence-electron chi connectivity index (χ4n) is 0.910. The molecule has 1 aromatic carbocycles. The van der Waals surface area contributed by atoms with Gasteiger partial charge >= 0.3 is 0 Å². The van der Waals surface area contributed by atoms with E-state index >= 15 is 0 Å². The Morgan fingerprint density at radius 2 is 1.67 bits per heavy atom. The summed E-state index contributed by atoms with van der Waals surface area (Å²) in [5.74, 6) is 0. The van der Waals surface area contributed by atoms with E-state index in [1.54, 1.807) is 11.8 Å². The maximum absolute atomic E-state index is 5.87. The molecule has 0 aliphatic carbocycles. The monoisotopic (exact) mass is 181 g/mol. The van der Waals surface area contributed by atoms with Crippen LogP contribution in [0.1, 0.15) is 19.4 Å². The first-order chi connectivity index (χ1) is 5.47. The van der Waals surface area contributed by atoms with Gasteiger partial charge in [-0.3, -0.25) is 0 Å². The van der Waals surface area contributed by atoms with Crippen molar-refractivity contribution in [2.45, 2.75) is 30.5 Å². The maximum atomic E-state index is 5.87. The third-order valence-electron chi connectivity index (χ3n) is 1.40. The summed E-state index contributed by atoms with van der Waals surface area (Å²) in [6.07, 6.45) is 0. The standard InChI is InChI=1S/C10H15NS/c1-8-4-6-9(7-5-8)12-10(2,3)11/h4-7H,11H2,1-3H3. The second-order valence-corrected chi connectivity index (χ2v) is 5.25. The quantitative estimate of drug-likeness (QED) is 0.561. The van der Waals surface area contributed by atoms with E-state index in [0.717, 1.165) is 0 Å². The van der Waals surface area contributed by atoms with Crippen molar-refractivity contribution in [1.82, 2.24) is 0 Å². The van der Waals surface area contributed by atoms with E-state index in [0.29, 0.717) is 0 Å². The van der Waals surface area contributed by atoms with Crippen molar-refractivity contribution in [2.24, 2.45) is 5.73 Å². The molecule has 1 rings (SSSR count). The Hall–Kier alpha value is -0.470. The van der Waals surface area contributed by atoms with Gasteiger partial charge in [-0.2, -0.15) is 0 Å². The first-order valence-corrected chi connectivity index (χ1v) is 4.83. The van der Waals surface area contributed by atoms with Crippen LogP contribution in [0.25, 0.3) is 0 Å². The summed E-state index contributed by atoms with van der Waals surface area (Å²) in [6.45, 7) is 6.11. The molecule has 0 fully saturated rings. The molecule has 0 spiro atoms. The van der Waals surface area contributed by atoms with Crippen molar-refractivity contribution in [3.63, 3.8) is 0 Å². The average molecular weight is 181 g/mol. The minimum Gasteiger partial charge on any atom is -0.317 e. The van der Waals surface area contributed by atoms with Gasteiger partial charge in [-0.25, -0.2) is 0 Å². The van der Waals surface area contributed by atoms with Crippen LogP contribution >= 0.6 is 11.8 Å². The first kappa shape index (κ1) is 9.62. The zero-order valence-electron chi connectivity index (χ0n) is 7.79. The molecule has 0 aliphatic heterocycles. The zero-order chi connectivity index (χ0) is 9.19. The van der Waals surface area contributed by atoms with Gasteiger partial charge in [0.15, 0.2) is 0 Å². The van der Waals surface area contributed by atoms with Crippen LogP contribution in [0.4, 0.5) is 0 Å². The molecule has 12 heavy (non-hydrogen) atoms. The van der Waals surface area contributed by atoms with Gasteiger partial charge in [-0.1, -0.05) is 17.7 Å². The van der Waals surface area contributed by atoms with Crippen molar-refractivity contribution in [3.8, 4) is 0 Å². The third-order valence-corrected chi connectivity index (χ3v) is 2.44. The summed E-state index contributed by atoms with van der Waals surface area (Å²) in [7, 11) is 0. The number of aryl methyl sites for hydroxylation is 1. The van der Waals surface area contributed by atoms with Crippen molar-refractivity contribution < 1.29 is 0 Å². The average Bonchev–Trinajstić information content (AvgIpc) is 1.91. The summed E-state index contributed by atoms with van der Waals surface area (Å²) in [5.41, 5.74) is 7.15. The van der Waals surface area contributed by atoms with Crippen LogP contribution in [-0.4, -0.2) is 4.87 Å². The predicted molar refractivity (Wildman–Crippen MR) is 55.3 cm³/mol. The number of rotatable bonds is 2. The van der Waals surface area contributed by atoms with E-state index in [-0.39, 0.29) is 4.87 Å². The molecule has 2 heteroatoms. The Kier molecular flexibility index (Phi) is 2.80. The van der Waals surface area contributed by atoms with Crippen LogP contribution < -0.4 is 5.73 Å². The molecule has 0 amide bonds. The Morgan fingerprint density at radius 1 is 1.17 bits per heavy atom. The van der Waals surface area contributed by atoms with E-state index in [9.17, 15) is 0 Å². The highest BCUT2D eigenvalue weighted by Crippen LogP contribution is 2.27. The topological polar surface area (TPSA) is 26.0 Å². The van der Waals surface area contributed by atoms with Gasteiger partial charge in [0.05, 0.1) is 4.87 Å². The van der Waals surface area contributed by atoms with Crippen molar-refractivity contribution in [3.05, 3.63) is 29.8 Å². The molecule has 1 aromatic rings. The van der Waals surface area contributed by atoms with Gasteiger partial charge in [0.1, 0.15) is 0 Å². The highest BCUT2D eigenvalue weighted by atomic mass is 32.2. The highest BCUT2D eigenvalue weighted by molar-refractivity contribution is 8.00. The molecule has 0 aromatic heterocycles. The fraction of sp³-hybridized carbons (Fsp3) is 0.400. The van der Waals surface area contributed by atoms with E-state index < -0.39 is 0 Å². The first-order valence-electron chi connectivity index (χ1n) is 4.02. The van der Waals surface area contributed by atoms with Gasteiger partial charge in [0, 0.05) is 4.90 Å². The Labute approximate surface area is 78.4 Å². The Bertz CT molecular complexity index is 246. The molecule has 0 saturated heterocycles. The van der Waals surface area contributed by atoms with Crippen LogP contribution in [0.15, 0.2) is 29.2 Å². The smallest absolute Gasteiger partial charge is 0.0609 e. The second-order valence-electron chi connectivity index (χ2n) is 3.52. The lowest BCUT2D eigenvalue weighted by Gasteiger charge is -2.17. The van der Waals surface area contributed by atoms with Crippen LogP contribution in [0.3, 0.4) is 0 Å². The largest absolute Gasteiger partial charge is 0.317 e. The van der Waals surface area contributed by atoms with Crippen LogP contribution in [0.2, 0.25) is 0 Å². The molecule has 0 bridgehead atoms. The second kappa shape index (κ2) is 3.50. The summed E-state index contributed by atoms with van der Waals surface area (Å²) < 4.78 is 0. The molecule has 0 aliphatic rings. The Balaban J connectivity index is 2.71. The van der Waals surface area contributed by atoms with E-state index in [4.69, 9.17) is 5.73 Å².